The molecule has 6 heteroatoms. The van der Waals surface area contributed by atoms with Crippen LogP contribution in [0.2, 0.25) is 0 Å². The van der Waals surface area contributed by atoms with E-state index >= 15 is 0 Å². The van der Waals surface area contributed by atoms with E-state index in [2.05, 4.69) is 0 Å². The van der Waals surface area contributed by atoms with Gasteiger partial charge in [-0.1, -0.05) is 0 Å². The van der Waals surface area contributed by atoms with Gasteiger partial charge >= 0.3 is 71.9 Å². The third-order valence-corrected chi connectivity index (χ3v) is 0. The molecule has 0 bridgehead atoms. The molecule has 0 aliphatic rings. The van der Waals surface area contributed by atoms with Crippen LogP contribution in [0.25, 0.3) is 0 Å². The van der Waals surface area contributed by atoms with Crippen LogP contribution < -0.4 is 18.8 Å². The Hall–Kier alpha value is 2.06. The van der Waals surface area contributed by atoms with Gasteiger partial charge in [0.1, 0.15) is 0 Å². The summed E-state index contributed by atoms with van der Waals surface area (Å²) in [7, 11) is 0. The van der Waals surface area contributed by atoms with Crippen molar-refractivity contribution in [1.29, 1.82) is 0 Å². The van der Waals surface area contributed by atoms with Crippen LogP contribution in [-0.4, -0.2) is 71.9 Å². The molecule has 0 unspecified atom stereocenters. The summed E-state index contributed by atoms with van der Waals surface area (Å²) in [6.07, 6.45) is 0. The molecular formula is BaF4Mg. The maximum absolute atomic E-state index is 0. The van der Waals surface area contributed by atoms with E-state index in [4.69, 9.17) is 0 Å². The van der Waals surface area contributed by atoms with Crippen LogP contribution in [0, 0.1) is 0 Å². The Bertz CT molecular complexity index is 7.51. The summed E-state index contributed by atoms with van der Waals surface area (Å²) in [4.78, 5) is 0. The van der Waals surface area contributed by atoms with Crippen molar-refractivity contribution in [1.82, 2.24) is 0 Å². The molecule has 0 saturated carbocycles. The first-order chi connectivity index (χ1) is 0. The Kier molecular flexibility index (Phi) is 966. The summed E-state index contributed by atoms with van der Waals surface area (Å²) in [6, 6.07) is 0. The molecule has 0 amide bonds. The maximum Gasteiger partial charge on any atom is 2.00 e. The Balaban J connectivity index is 0. The molecule has 0 spiro atoms. The average molecular weight is 238 g/mol. The van der Waals surface area contributed by atoms with Gasteiger partial charge in [-0.25, -0.2) is 0 Å². The number of rotatable bonds is 0. The molecule has 0 radical (unpaired) electrons. The van der Waals surface area contributed by atoms with Gasteiger partial charge < -0.3 is 18.8 Å². The minimum atomic E-state index is 0. The van der Waals surface area contributed by atoms with E-state index < -0.39 is 0 Å². The van der Waals surface area contributed by atoms with Crippen molar-refractivity contribution in [2.45, 2.75) is 0 Å². The van der Waals surface area contributed by atoms with Crippen molar-refractivity contribution in [3.8, 4) is 0 Å². The van der Waals surface area contributed by atoms with Crippen molar-refractivity contribution >= 4 is 71.9 Å². The summed E-state index contributed by atoms with van der Waals surface area (Å²) in [5, 5.41) is 0. The average Bonchev–Trinajstić information content (AvgIpc) is 0. The third-order valence-electron chi connectivity index (χ3n) is 0. The fraction of sp³-hybridized carbons (Fsp3) is 0. The van der Waals surface area contributed by atoms with E-state index in [1.165, 1.54) is 0 Å². The monoisotopic (exact) mass is 238 g/mol. The van der Waals surface area contributed by atoms with Crippen LogP contribution in [0.15, 0.2) is 0 Å². The first kappa shape index (κ1) is 94.8. The van der Waals surface area contributed by atoms with E-state index in [1.54, 1.807) is 0 Å². The van der Waals surface area contributed by atoms with Crippen molar-refractivity contribution in [2.24, 2.45) is 0 Å². The van der Waals surface area contributed by atoms with E-state index in [0.29, 0.717) is 0 Å². The molecule has 0 rings (SSSR count). The molecule has 0 atom stereocenters. The zero-order valence-electron chi connectivity index (χ0n) is 2.93. The van der Waals surface area contributed by atoms with Crippen molar-refractivity contribution < 1.29 is 18.8 Å². The van der Waals surface area contributed by atoms with Gasteiger partial charge in [-0.2, -0.15) is 0 Å². The standard InChI is InChI=1S/Ba.4FH.Mg/h;4*1H;/q+2;;;;;+2/p-4. The van der Waals surface area contributed by atoms with Gasteiger partial charge in [0.25, 0.3) is 0 Å². The van der Waals surface area contributed by atoms with Gasteiger partial charge in [0.05, 0.1) is 0 Å². The topological polar surface area (TPSA) is 0 Å². The molecule has 32 valence electrons. The maximum atomic E-state index is 0. The molecule has 0 aromatic carbocycles. The van der Waals surface area contributed by atoms with Gasteiger partial charge in [-0.15, -0.1) is 0 Å². The second-order valence-corrected chi connectivity index (χ2v) is 0. The summed E-state index contributed by atoms with van der Waals surface area (Å²) in [6.45, 7) is 0. The first-order valence-electron chi connectivity index (χ1n) is 0. The molecule has 0 saturated heterocycles. The minimum absolute atomic E-state index is 0. The van der Waals surface area contributed by atoms with Gasteiger partial charge in [0.2, 0.25) is 0 Å². The molecule has 0 nitrogen and oxygen atoms in total. The predicted molar refractivity (Wildman–Crippen MR) is 11.5 cm³/mol. The van der Waals surface area contributed by atoms with Crippen LogP contribution in [0.5, 0.6) is 0 Å². The summed E-state index contributed by atoms with van der Waals surface area (Å²) >= 11 is 0. The fourth-order valence-corrected chi connectivity index (χ4v) is 0. The Morgan fingerprint density at radius 2 is 0.500 bits per heavy atom. The van der Waals surface area contributed by atoms with Crippen LogP contribution in [-0.2, 0) is 0 Å². The van der Waals surface area contributed by atoms with Crippen LogP contribution in [0.3, 0.4) is 0 Å². The quantitative estimate of drug-likeness (QED) is 0.290. The van der Waals surface area contributed by atoms with Crippen molar-refractivity contribution in [3.63, 3.8) is 0 Å². The molecule has 0 aliphatic carbocycles. The van der Waals surface area contributed by atoms with Crippen molar-refractivity contribution in [2.75, 3.05) is 0 Å². The smallest absolute Gasteiger partial charge is 1.00 e. The third kappa shape index (κ3) is 36.6. The summed E-state index contributed by atoms with van der Waals surface area (Å²) in [5.41, 5.74) is 0. The molecule has 0 aromatic rings. The Morgan fingerprint density at radius 1 is 0.500 bits per heavy atom. The Labute approximate surface area is 89.1 Å². The Morgan fingerprint density at radius 3 is 0.500 bits per heavy atom. The number of hydrogen-bond donors (Lipinski definition) is 0. The summed E-state index contributed by atoms with van der Waals surface area (Å²) < 4.78 is 0. The minimum Gasteiger partial charge on any atom is -1.00 e. The molecule has 0 heterocycles. The number of halogens is 4. The predicted octanol–water partition coefficient (Wildman–Crippen LogP) is -12.7. The van der Waals surface area contributed by atoms with Gasteiger partial charge in [-0.05, 0) is 0 Å². The SMILES string of the molecule is [Ba+2].[F-].[F-].[F-].[F-].[Mg+2]. The van der Waals surface area contributed by atoms with Crippen molar-refractivity contribution in [3.05, 3.63) is 0 Å². The molecule has 0 N–H and O–H groups in total. The van der Waals surface area contributed by atoms with Gasteiger partial charge in [0.15, 0.2) is 0 Å². The molecule has 6 heavy (non-hydrogen) atoms. The first-order valence-corrected chi connectivity index (χ1v) is 0. The normalized spacial score (nSPS) is 0. The molecule has 0 aliphatic heterocycles. The second-order valence-electron chi connectivity index (χ2n) is 0. The van der Waals surface area contributed by atoms with E-state index in [0.717, 1.165) is 0 Å². The van der Waals surface area contributed by atoms with E-state index in [-0.39, 0.29) is 90.8 Å². The van der Waals surface area contributed by atoms with Gasteiger partial charge in [-0.3, -0.25) is 0 Å². The zero-order valence-corrected chi connectivity index (χ0v) is 8.78. The number of hydrogen-bond acceptors (Lipinski definition) is 0. The zero-order chi connectivity index (χ0) is 0. The fourth-order valence-electron chi connectivity index (χ4n) is 0. The second kappa shape index (κ2) is 61.2. The largest absolute Gasteiger partial charge is 2.00 e. The summed E-state index contributed by atoms with van der Waals surface area (Å²) in [5.74, 6) is 0. The molecular weight excluding hydrogens is 238 g/mol. The van der Waals surface area contributed by atoms with Crippen LogP contribution in [0.1, 0.15) is 0 Å². The van der Waals surface area contributed by atoms with Gasteiger partial charge in [0, 0.05) is 0 Å². The van der Waals surface area contributed by atoms with E-state index in [1.807, 2.05) is 0 Å². The van der Waals surface area contributed by atoms with Crippen LogP contribution >= 0.6 is 0 Å². The molecule has 0 aromatic heterocycles. The van der Waals surface area contributed by atoms with Crippen LogP contribution in [0.4, 0.5) is 0 Å². The van der Waals surface area contributed by atoms with E-state index in [9.17, 15) is 0 Å². The molecule has 0 fully saturated rings.